The smallest absolute Gasteiger partial charge is 0.328 e. The Morgan fingerprint density at radius 2 is 1.82 bits per heavy atom. The standard InChI is InChI=1S/C20H21F3N4O/c1-5-12-10-13(6-7-14(12)24-11-28)27-17-15(25-18(27)19(2,3)4)8-9-16(26-17)20(21,22)23/h6-11H,5H2,1-4H3,(H,24,28). The highest BCUT2D eigenvalue weighted by Gasteiger charge is 2.34. The highest BCUT2D eigenvalue weighted by atomic mass is 19.4. The number of halogens is 3. The van der Waals surface area contributed by atoms with Crippen LogP contribution in [0, 0.1) is 0 Å². The van der Waals surface area contributed by atoms with Gasteiger partial charge in [0, 0.05) is 16.8 Å². The van der Waals surface area contributed by atoms with Crippen LogP contribution in [0.5, 0.6) is 0 Å². The molecule has 1 N–H and O–H groups in total. The second kappa shape index (κ2) is 6.92. The average molecular weight is 390 g/mol. The summed E-state index contributed by atoms with van der Waals surface area (Å²) in [6.45, 7) is 7.76. The monoisotopic (exact) mass is 390 g/mol. The molecule has 0 fully saturated rings. The van der Waals surface area contributed by atoms with Gasteiger partial charge in [0.25, 0.3) is 0 Å². The van der Waals surface area contributed by atoms with Crippen LogP contribution in [-0.2, 0) is 22.8 Å². The van der Waals surface area contributed by atoms with E-state index in [1.54, 1.807) is 16.7 Å². The highest BCUT2D eigenvalue weighted by molar-refractivity contribution is 5.77. The van der Waals surface area contributed by atoms with Gasteiger partial charge in [-0.25, -0.2) is 9.97 Å². The Bertz CT molecular complexity index is 1030. The fourth-order valence-corrected chi connectivity index (χ4v) is 3.08. The number of hydrogen-bond donors (Lipinski definition) is 1. The SMILES string of the molecule is CCc1cc(-n2c(C(C)(C)C)nc3ccc(C(F)(F)F)nc32)ccc1NC=O. The maximum Gasteiger partial charge on any atom is 0.433 e. The lowest BCUT2D eigenvalue weighted by Gasteiger charge is -2.21. The Labute approximate surface area is 160 Å². The third-order valence-corrected chi connectivity index (χ3v) is 4.41. The van der Waals surface area contributed by atoms with E-state index in [0.29, 0.717) is 35.5 Å². The molecule has 0 unspecified atom stereocenters. The van der Waals surface area contributed by atoms with Crippen molar-refractivity contribution in [3.63, 3.8) is 0 Å². The van der Waals surface area contributed by atoms with Crippen molar-refractivity contribution in [2.24, 2.45) is 0 Å². The Morgan fingerprint density at radius 1 is 1.11 bits per heavy atom. The molecule has 0 saturated carbocycles. The first kappa shape index (κ1) is 19.9. The summed E-state index contributed by atoms with van der Waals surface area (Å²) < 4.78 is 41.3. The number of alkyl halides is 3. The summed E-state index contributed by atoms with van der Waals surface area (Å²) >= 11 is 0. The van der Waals surface area contributed by atoms with E-state index in [-0.39, 0.29) is 5.65 Å². The number of anilines is 1. The minimum Gasteiger partial charge on any atom is -0.328 e. The molecule has 0 aliphatic carbocycles. The lowest BCUT2D eigenvalue weighted by Crippen LogP contribution is -2.19. The zero-order valence-corrected chi connectivity index (χ0v) is 16.1. The van der Waals surface area contributed by atoms with Gasteiger partial charge in [-0.3, -0.25) is 9.36 Å². The van der Waals surface area contributed by atoms with E-state index in [4.69, 9.17) is 0 Å². The van der Waals surface area contributed by atoms with Gasteiger partial charge in [0.05, 0.1) is 0 Å². The fourth-order valence-electron chi connectivity index (χ4n) is 3.08. The molecule has 28 heavy (non-hydrogen) atoms. The van der Waals surface area contributed by atoms with Crippen LogP contribution in [0.2, 0.25) is 0 Å². The molecule has 0 spiro atoms. The second-order valence-electron chi connectivity index (χ2n) is 7.51. The minimum absolute atomic E-state index is 0.151. The lowest BCUT2D eigenvalue weighted by molar-refractivity contribution is -0.141. The average Bonchev–Trinajstić information content (AvgIpc) is 3.00. The molecule has 0 radical (unpaired) electrons. The van der Waals surface area contributed by atoms with Crippen molar-refractivity contribution in [1.29, 1.82) is 0 Å². The number of imidazole rings is 1. The predicted molar refractivity (Wildman–Crippen MR) is 102 cm³/mol. The summed E-state index contributed by atoms with van der Waals surface area (Å²) in [5, 5.41) is 2.64. The van der Waals surface area contributed by atoms with E-state index in [0.717, 1.165) is 11.6 Å². The van der Waals surface area contributed by atoms with E-state index < -0.39 is 17.3 Å². The molecular weight excluding hydrogens is 369 g/mol. The van der Waals surface area contributed by atoms with Gasteiger partial charge >= 0.3 is 6.18 Å². The summed E-state index contributed by atoms with van der Waals surface area (Å²) in [7, 11) is 0. The number of carbonyl (C=O) groups excluding carboxylic acids is 1. The Morgan fingerprint density at radius 3 is 2.39 bits per heavy atom. The van der Waals surface area contributed by atoms with Crippen LogP contribution >= 0.6 is 0 Å². The maximum absolute atomic E-state index is 13.2. The number of fused-ring (bicyclic) bond motifs is 1. The van der Waals surface area contributed by atoms with Gasteiger partial charge in [-0.15, -0.1) is 0 Å². The van der Waals surface area contributed by atoms with Crippen molar-refractivity contribution < 1.29 is 18.0 Å². The van der Waals surface area contributed by atoms with Crippen molar-refractivity contribution in [3.05, 3.63) is 47.4 Å². The lowest BCUT2D eigenvalue weighted by atomic mass is 9.95. The quantitative estimate of drug-likeness (QED) is 0.647. The Kier molecular flexibility index (Phi) is 4.91. The number of carbonyl (C=O) groups is 1. The van der Waals surface area contributed by atoms with Crippen LogP contribution in [0.3, 0.4) is 0 Å². The van der Waals surface area contributed by atoms with Gasteiger partial charge < -0.3 is 5.32 Å². The van der Waals surface area contributed by atoms with E-state index in [1.807, 2.05) is 33.8 Å². The number of nitrogens with one attached hydrogen (secondary N) is 1. The molecule has 5 nitrogen and oxygen atoms in total. The van der Waals surface area contributed by atoms with Gasteiger partial charge in [-0.1, -0.05) is 27.7 Å². The second-order valence-corrected chi connectivity index (χ2v) is 7.51. The van der Waals surface area contributed by atoms with Crippen LogP contribution in [-0.4, -0.2) is 20.9 Å². The molecule has 1 aromatic carbocycles. The number of rotatable bonds is 4. The molecule has 3 aromatic rings. The predicted octanol–water partition coefficient (Wildman–Crippen LogP) is 4.87. The maximum atomic E-state index is 13.2. The molecule has 0 saturated heterocycles. The number of benzene rings is 1. The van der Waals surface area contributed by atoms with Crippen molar-refractivity contribution in [2.45, 2.75) is 45.7 Å². The first-order chi connectivity index (χ1) is 13.1. The van der Waals surface area contributed by atoms with Gasteiger partial charge in [-0.2, -0.15) is 13.2 Å². The van der Waals surface area contributed by atoms with Crippen LogP contribution in [0.15, 0.2) is 30.3 Å². The van der Waals surface area contributed by atoms with Crippen molar-refractivity contribution in [2.75, 3.05) is 5.32 Å². The van der Waals surface area contributed by atoms with Crippen LogP contribution in [0.4, 0.5) is 18.9 Å². The van der Waals surface area contributed by atoms with E-state index >= 15 is 0 Å². The van der Waals surface area contributed by atoms with Crippen LogP contribution in [0.1, 0.15) is 44.8 Å². The third-order valence-electron chi connectivity index (χ3n) is 4.41. The van der Waals surface area contributed by atoms with Gasteiger partial charge in [0.2, 0.25) is 6.41 Å². The minimum atomic E-state index is -4.54. The topological polar surface area (TPSA) is 59.8 Å². The largest absolute Gasteiger partial charge is 0.433 e. The Balaban J connectivity index is 2.32. The molecule has 0 bridgehead atoms. The highest BCUT2D eigenvalue weighted by Crippen LogP contribution is 2.33. The number of hydrogen-bond acceptors (Lipinski definition) is 3. The Hall–Kier alpha value is -2.90. The molecule has 0 aliphatic heterocycles. The van der Waals surface area contributed by atoms with Crippen LogP contribution in [0.25, 0.3) is 16.9 Å². The fraction of sp³-hybridized carbons (Fsp3) is 0.350. The zero-order chi connectivity index (χ0) is 20.7. The molecule has 8 heteroatoms. The van der Waals surface area contributed by atoms with E-state index in [9.17, 15) is 18.0 Å². The first-order valence-corrected chi connectivity index (χ1v) is 8.87. The normalized spacial score (nSPS) is 12.4. The number of nitrogens with zero attached hydrogens (tertiary/aromatic N) is 3. The summed E-state index contributed by atoms with van der Waals surface area (Å²) in [5.74, 6) is 0.604. The number of pyridine rings is 1. The molecule has 148 valence electrons. The third kappa shape index (κ3) is 3.58. The molecule has 2 heterocycles. The van der Waals surface area contributed by atoms with Gasteiger partial charge in [0.15, 0.2) is 5.65 Å². The van der Waals surface area contributed by atoms with Crippen molar-refractivity contribution >= 4 is 23.3 Å². The molecule has 2 aromatic heterocycles. The van der Waals surface area contributed by atoms with E-state index in [1.165, 1.54) is 6.07 Å². The van der Waals surface area contributed by atoms with E-state index in [2.05, 4.69) is 15.3 Å². The van der Waals surface area contributed by atoms with Crippen molar-refractivity contribution in [3.8, 4) is 5.69 Å². The molecular formula is C20H21F3N4O. The van der Waals surface area contributed by atoms with Crippen molar-refractivity contribution in [1.82, 2.24) is 14.5 Å². The summed E-state index contributed by atoms with van der Waals surface area (Å²) in [6.07, 6.45) is -3.31. The summed E-state index contributed by atoms with van der Waals surface area (Å²) in [4.78, 5) is 19.2. The molecule has 0 atom stereocenters. The molecule has 3 rings (SSSR count). The zero-order valence-electron chi connectivity index (χ0n) is 16.1. The van der Waals surface area contributed by atoms with Crippen LogP contribution < -0.4 is 5.32 Å². The van der Waals surface area contributed by atoms with Gasteiger partial charge in [-0.05, 0) is 42.3 Å². The molecule has 0 aliphatic rings. The molecule has 1 amide bonds. The number of aryl methyl sites for hydroxylation is 1. The first-order valence-electron chi connectivity index (χ1n) is 8.87. The number of amides is 1. The number of aromatic nitrogens is 3. The summed E-state index contributed by atoms with van der Waals surface area (Å²) in [5.41, 5.74) is 1.32. The van der Waals surface area contributed by atoms with Gasteiger partial charge in [0.1, 0.15) is 17.0 Å². The summed E-state index contributed by atoms with van der Waals surface area (Å²) in [6, 6.07) is 7.60.